The highest BCUT2D eigenvalue weighted by molar-refractivity contribution is 5.81. The maximum Gasteiger partial charge on any atom is 0.389 e. The maximum absolute atomic E-state index is 11.5. The summed E-state index contributed by atoms with van der Waals surface area (Å²) in [4.78, 5) is 49.6. The van der Waals surface area contributed by atoms with Crippen molar-refractivity contribution in [2.75, 3.05) is 14.2 Å². The van der Waals surface area contributed by atoms with Crippen LogP contribution in [0.15, 0.2) is 0 Å². The van der Waals surface area contributed by atoms with Crippen LogP contribution in [-0.4, -0.2) is 37.4 Å². The number of hydrogen-bond donors (Lipinski definition) is 0. The molecule has 0 aliphatic carbocycles. The third kappa shape index (κ3) is 4.96. The van der Waals surface area contributed by atoms with Gasteiger partial charge in [0, 0.05) is 0 Å². The molecule has 8 heteroatoms. The summed E-state index contributed by atoms with van der Waals surface area (Å²) in [5, 5.41) is 0. The van der Waals surface area contributed by atoms with Crippen LogP contribution >= 0.6 is 0 Å². The van der Waals surface area contributed by atoms with Gasteiger partial charge in [-0.3, -0.25) is 0 Å². The van der Waals surface area contributed by atoms with Crippen LogP contribution in [-0.2, 0) is 38.9 Å². The average molecular weight is 266 g/mol. The summed E-state index contributed by atoms with van der Waals surface area (Å²) in [5.41, 5.74) is -2.83. The van der Waals surface area contributed by atoms with Gasteiger partial charge in [-0.05, 0) is 27.7 Å². The van der Waals surface area contributed by atoms with E-state index in [1.807, 2.05) is 0 Å². The van der Waals surface area contributed by atoms with Crippen LogP contribution in [0.1, 0.15) is 27.7 Å². The summed E-state index contributed by atoms with van der Waals surface area (Å²) in [5.74, 6) is -1.88. The smallest absolute Gasteiger partial charge is 0.244 e. The second-order valence-electron chi connectivity index (χ2n) is 4.26. The molecule has 0 unspecified atom stereocenters. The Balaban J connectivity index is 4.33. The fourth-order valence-corrected chi connectivity index (χ4v) is 0.761. The van der Waals surface area contributed by atoms with Gasteiger partial charge >= 0.3 is 11.9 Å². The van der Waals surface area contributed by atoms with Crippen molar-refractivity contribution in [1.29, 1.82) is 0 Å². The van der Waals surface area contributed by atoms with Gasteiger partial charge < -0.3 is 0 Å². The number of rotatable bonds is 6. The molecule has 0 amide bonds. The van der Waals surface area contributed by atoms with Gasteiger partial charge in [-0.2, -0.15) is 0 Å². The third-order valence-corrected chi connectivity index (χ3v) is 1.76. The van der Waals surface area contributed by atoms with Crippen molar-refractivity contribution in [3.05, 3.63) is 0 Å². The zero-order valence-electron chi connectivity index (χ0n) is 11.3. The summed E-state index contributed by atoms with van der Waals surface area (Å²) in [6, 6.07) is 0. The summed E-state index contributed by atoms with van der Waals surface area (Å²) in [7, 11) is 2.47. The quantitative estimate of drug-likeness (QED) is 0.512. The Kier molecular flexibility index (Phi) is 6.19. The number of carbonyl (C=O) groups excluding carboxylic acids is 2. The molecule has 8 nitrogen and oxygen atoms in total. The molecule has 0 saturated heterocycles. The van der Waals surface area contributed by atoms with Gasteiger partial charge in [-0.15, -0.1) is 0 Å². The van der Waals surface area contributed by atoms with Crippen LogP contribution in [0.4, 0.5) is 0 Å². The van der Waals surface area contributed by atoms with Gasteiger partial charge in [0.1, 0.15) is 0 Å². The van der Waals surface area contributed by atoms with Gasteiger partial charge in [-0.1, -0.05) is 0 Å². The topological polar surface area (TPSA) is 89.5 Å². The first-order chi connectivity index (χ1) is 8.17. The molecule has 0 radical (unpaired) electrons. The number of carbonyl (C=O) groups is 2. The van der Waals surface area contributed by atoms with E-state index in [0.29, 0.717) is 0 Å². The normalized spacial score (nSPS) is 12.1. The molecule has 0 atom stereocenters. The van der Waals surface area contributed by atoms with Gasteiger partial charge in [0.15, 0.2) is 11.2 Å². The van der Waals surface area contributed by atoms with Crippen LogP contribution in [0, 0.1) is 0 Å². The molecule has 0 aliphatic heterocycles. The molecule has 18 heavy (non-hydrogen) atoms. The van der Waals surface area contributed by atoms with Crippen LogP contribution < -0.4 is 0 Å². The van der Waals surface area contributed by atoms with Crippen molar-refractivity contribution in [2.45, 2.75) is 38.9 Å². The van der Waals surface area contributed by atoms with Crippen LogP contribution in [0.2, 0.25) is 0 Å². The largest absolute Gasteiger partial charge is 0.389 e. The minimum Gasteiger partial charge on any atom is -0.244 e. The first-order valence-electron chi connectivity index (χ1n) is 5.04. The van der Waals surface area contributed by atoms with Crippen molar-refractivity contribution in [2.24, 2.45) is 0 Å². The molecule has 0 N–H and O–H groups in total. The Morgan fingerprint density at radius 3 is 1.22 bits per heavy atom. The Morgan fingerprint density at radius 1 is 0.722 bits per heavy atom. The van der Waals surface area contributed by atoms with Gasteiger partial charge in [0.25, 0.3) is 0 Å². The predicted octanol–water partition coefficient (Wildman–Crippen LogP) is 0.701. The zero-order valence-corrected chi connectivity index (χ0v) is 11.3. The van der Waals surface area contributed by atoms with Crippen molar-refractivity contribution in [3.8, 4) is 0 Å². The fourth-order valence-electron chi connectivity index (χ4n) is 0.761. The lowest BCUT2D eigenvalue weighted by atomic mass is 10.1. The van der Waals surface area contributed by atoms with E-state index in [-0.39, 0.29) is 0 Å². The van der Waals surface area contributed by atoms with E-state index < -0.39 is 23.1 Å². The Labute approximate surface area is 105 Å². The van der Waals surface area contributed by atoms with Gasteiger partial charge in [0.05, 0.1) is 14.2 Å². The molecule has 0 fully saturated rings. The van der Waals surface area contributed by atoms with Crippen molar-refractivity contribution in [1.82, 2.24) is 0 Å². The molecule has 0 rings (SSSR count). The van der Waals surface area contributed by atoms with Gasteiger partial charge in [0.2, 0.25) is 0 Å². The molecule has 0 bridgehead atoms. The van der Waals surface area contributed by atoms with Crippen molar-refractivity contribution < 1.29 is 38.9 Å². The highest BCUT2D eigenvalue weighted by Crippen LogP contribution is 2.15. The van der Waals surface area contributed by atoms with Gasteiger partial charge in [-0.25, -0.2) is 38.9 Å². The average Bonchev–Trinajstić information content (AvgIpc) is 2.24. The number of hydrogen-bond acceptors (Lipinski definition) is 8. The molecule has 0 spiro atoms. The molecule has 0 aromatic carbocycles. The molecular weight excluding hydrogens is 248 g/mol. The molecule has 0 aromatic rings. The van der Waals surface area contributed by atoms with Crippen molar-refractivity contribution in [3.63, 3.8) is 0 Å². The standard InChI is InChI=1S/C10H18O8/c1-9(2,17-13-5)7(11)15-16-8(12)10(3,4)18-14-6/h1-6H3. The Morgan fingerprint density at radius 2 is 1.00 bits per heavy atom. The van der Waals surface area contributed by atoms with E-state index in [1.165, 1.54) is 41.9 Å². The fraction of sp³-hybridized carbons (Fsp3) is 0.800. The molecule has 0 aromatic heterocycles. The summed E-state index contributed by atoms with van der Waals surface area (Å²) < 4.78 is 0. The third-order valence-electron chi connectivity index (χ3n) is 1.76. The molecule has 0 heterocycles. The first-order valence-corrected chi connectivity index (χ1v) is 5.04. The van der Waals surface area contributed by atoms with Crippen molar-refractivity contribution >= 4 is 11.9 Å². The van der Waals surface area contributed by atoms with Crippen LogP contribution in [0.5, 0.6) is 0 Å². The highest BCUT2D eigenvalue weighted by atomic mass is 17.2. The Hall–Kier alpha value is -1.22. The monoisotopic (exact) mass is 266 g/mol. The Bertz CT molecular complexity index is 266. The molecule has 0 saturated carbocycles. The van der Waals surface area contributed by atoms with E-state index in [1.54, 1.807) is 0 Å². The lowest BCUT2D eigenvalue weighted by Crippen LogP contribution is -2.40. The second kappa shape index (κ2) is 6.64. The summed E-state index contributed by atoms with van der Waals surface area (Å²) in [6.07, 6.45) is 0. The van der Waals surface area contributed by atoms with E-state index in [9.17, 15) is 9.59 Å². The predicted molar refractivity (Wildman–Crippen MR) is 56.5 cm³/mol. The summed E-state index contributed by atoms with van der Waals surface area (Å²) in [6.45, 7) is 5.51. The SMILES string of the molecule is COOC(C)(C)C(=O)OOC(=O)C(C)(C)OOC. The van der Waals surface area contributed by atoms with Crippen LogP contribution in [0.25, 0.3) is 0 Å². The maximum atomic E-state index is 11.5. The molecular formula is C10H18O8. The summed E-state index contributed by atoms with van der Waals surface area (Å²) >= 11 is 0. The lowest BCUT2D eigenvalue weighted by molar-refractivity contribution is -0.358. The van der Waals surface area contributed by atoms with E-state index >= 15 is 0 Å². The van der Waals surface area contributed by atoms with E-state index in [4.69, 9.17) is 0 Å². The highest BCUT2D eigenvalue weighted by Gasteiger charge is 2.38. The minimum absolute atomic E-state index is 0.939. The molecule has 0 aliphatic rings. The first kappa shape index (κ1) is 16.8. The minimum atomic E-state index is -1.42. The zero-order chi connectivity index (χ0) is 14.4. The molecule has 106 valence electrons. The lowest BCUT2D eigenvalue weighted by Gasteiger charge is -2.21. The van der Waals surface area contributed by atoms with Crippen LogP contribution in [0.3, 0.4) is 0 Å². The van der Waals surface area contributed by atoms with E-state index in [2.05, 4.69) is 29.3 Å². The second-order valence-corrected chi connectivity index (χ2v) is 4.26. The van der Waals surface area contributed by atoms with E-state index in [0.717, 1.165) is 0 Å².